The number of ether oxygens (including phenoxy) is 3. The van der Waals surface area contributed by atoms with Crippen LogP contribution < -0.4 is 14.2 Å². The van der Waals surface area contributed by atoms with E-state index in [4.69, 9.17) is 14.2 Å². The SMILES string of the molecule is COc1ccccc1OCCc1cc2ncccc2nc1OC. The van der Waals surface area contributed by atoms with Crippen molar-refractivity contribution in [2.45, 2.75) is 6.42 Å². The van der Waals surface area contributed by atoms with Crippen LogP contribution in [0.25, 0.3) is 11.0 Å². The number of hydrogen-bond acceptors (Lipinski definition) is 5. The van der Waals surface area contributed by atoms with Crippen LogP contribution in [-0.2, 0) is 6.42 Å². The standard InChI is InChI=1S/C18H18N2O3/c1-21-16-7-3-4-8-17(16)23-11-9-13-12-15-14(6-5-10-19-15)20-18(13)22-2/h3-8,10,12H,9,11H2,1-2H3. The Morgan fingerprint density at radius 2 is 1.74 bits per heavy atom. The summed E-state index contributed by atoms with van der Waals surface area (Å²) in [4.78, 5) is 8.82. The molecule has 5 heteroatoms. The van der Waals surface area contributed by atoms with Gasteiger partial charge in [0, 0.05) is 18.2 Å². The summed E-state index contributed by atoms with van der Waals surface area (Å²) in [6.07, 6.45) is 2.42. The van der Waals surface area contributed by atoms with Crippen molar-refractivity contribution in [2.75, 3.05) is 20.8 Å². The van der Waals surface area contributed by atoms with E-state index in [2.05, 4.69) is 9.97 Å². The number of methoxy groups -OCH3 is 2. The molecule has 3 aromatic rings. The van der Waals surface area contributed by atoms with Gasteiger partial charge in [0.25, 0.3) is 0 Å². The van der Waals surface area contributed by atoms with Crippen molar-refractivity contribution in [1.29, 1.82) is 0 Å². The fourth-order valence-corrected chi connectivity index (χ4v) is 2.39. The van der Waals surface area contributed by atoms with Gasteiger partial charge in [-0.1, -0.05) is 12.1 Å². The largest absolute Gasteiger partial charge is 0.493 e. The highest BCUT2D eigenvalue weighted by atomic mass is 16.5. The lowest BCUT2D eigenvalue weighted by Gasteiger charge is -2.12. The average molecular weight is 310 g/mol. The minimum atomic E-state index is 0.497. The molecule has 0 N–H and O–H groups in total. The number of fused-ring (bicyclic) bond motifs is 1. The zero-order valence-corrected chi connectivity index (χ0v) is 13.2. The van der Waals surface area contributed by atoms with E-state index in [0.29, 0.717) is 18.9 Å². The summed E-state index contributed by atoms with van der Waals surface area (Å²) in [5.41, 5.74) is 2.63. The lowest BCUT2D eigenvalue weighted by molar-refractivity contribution is 0.295. The van der Waals surface area contributed by atoms with Crippen LogP contribution in [0.5, 0.6) is 17.4 Å². The van der Waals surface area contributed by atoms with Crippen LogP contribution in [0.3, 0.4) is 0 Å². The summed E-state index contributed by atoms with van der Waals surface area (Å²) < 4.78 is 16.5. The lowest BCUT2D eigenvalue weighted by Crippen LogP contribution is -2.05. The van der Waals surface area contributed by atoms with Gasteiger partial charge in [0.05, 0.1) is 31.9 Å². The van der Waals surface area contributed by atoms with E-state index in [1.54, 1.807) is 20.4 Å². The molecule has 0 aliphatic carbocycles. The first-order chi connectivity index (χ1) is 11.3. The number of benzene rings is 1. The van der Waals surface area contributed by atoms with Crippen molar-refractivity contribution >= 4 is 11.0 Å². The molecule has 2 heterocycles. The van der Waals surface area contributed by atoms with Gasteiger partial charge in [0.2, 0.25) is 5.88 Å². The molecule has 2 aromatic heterocycles. The number of hydrogen-bond donors (Lipinski definition) is 0. The van der Waals surface area contributed by atoms with E-state index in [9.17, 15) is 0 Å². The molecule has 0 spiro atoms. The van der Waals surface area contributed by atoms with Gasteiger partial charge in [0.15, 0.2) is 11.5 Å². The van der Waals surface area contributed by atoms with Gasteiger partial charge in [-0.25, -0.2) is 4.98 Å². The molecule has 118 valence electrons. The Balaban J connectivity index is 1.76. The maximum Gasteiger partial charge on any atom is 0.217 e. The van der Waals surface area contributed by atoms with Crippen LogP contribution in [0.4, 0.5) is 0 Å². The zero-order chi connectivity index (χ0) is 16.1. The molecule has 0 amide bonds. The number of para-hydroxylation sites is 2. The van der Waals surface area contributed by atoms with Crippen LogP contribution in [0, 0.1) is 0 Å². The van der Waals surface area contributed by atoms with Crippen molar-refractivity contribution in [3.05, 3.63) is 54.2 Å². The Bertz CT molecular complexity index is 805. The molecule has 0 radical (unpaired) electrons. The summed E-state index contributed by atoms with van der Waals surface area (Å²) in [6.45, 7) is 0.497. The van der Waals surface area contributed by atoms with E-state index < -0.39 is 0 Å². The molecule has 0 saturated heterocycles. The summed E-state index contributed by atoms with van der Waals surface area (Å²) >= 11 is 0. The number of pyridine rings is 2. The van der Waals surface area contributed by atoms with E-state index in [1.165, 1.54) is 0 Å². The summed E-state index contributed by atoms with van der Waals surface area (Å²) in [5, 5.41) is 0. The van der Waals surface area contributed by atoms with Crippen LogP contribution >= 0.6 is 0 Å². The molecule has 0 bridgehead atoms. The Morgan fingerprint density at radius 3 is 2.52 bits per heavy atom. The Kier molecular flexibility index (Phi) is 4.57. The fourth-order valence-electron chi connectivity index (χ4n) is 2.39. The third-order valence-electron chi connectivity index (χ3n) is 3.52. The third kappa shape index (κ3) is 3.34. The van der Waals surface area contributed by atoms with Gasteiger partial charge in [-0.15, -0.1) is 0 Å². The summed E-state index contributed by atoms with van der Waals surface area (Å²) in [5.74, 6) is 2.05. The van der Waals surface area contributed by atoms with E-state index in [-0.39, 0.29) is 0 Å². The second kappa shape index (κ2) is 6.96. The molecule has 0 unspecified atom stereocenters. The number of aromatic nitrogens is 2. The van der Waals surface area contributed by atoms with Gasteiger partial charge in [0.1, 0.15) is 0 Å². The molecule has 0 aliphatic heterocycles. The highest BCUT2D eigenvalue weighted by Gasteiger charge is 2.09. The normalized spacial score (nSPS) is 10.5. The van der Waals surface area contributed by atoms with Gasteiger partial charge >= 0.3 is 0 Å². The fraction of sp³-hybridized carbons (Fsp3) is 0.222. The predicted octanol–water partition coefficient (Wildman–Crippen LogP) is 3.27. The first-order valence-corrected chi connectivity index (χ1v) is 7.36. The summed E-state index contributed by atoms with van der Waals surface area (Å²) in [7, 11) is 3.25. The summed E-state index contributed by atoms with van der Waals surface area (Å²) in [6, 6.07) is 13.4. The van der Waals surface area contributed by atoms with Crippen LogP contribution in [-0.4, -0.2) is 30.8 Å². The minimum Gasteiger partial charge on any atom is -0.493 e. The zero-order valence-electron chi connectivity index (χ0n) is 13.2. The topological polar surface area (TPSA) is 53.5 Å². The molecule has 0 fully saturated rings. The number of nitrogens with zero attached hydrogens (tertiary/aromatic N) is 2. The predicted molar refractivity (Wildman–Crippen MR) is 88.3 cm³/mol. The van der Waals surface area contributed by atoms with Crippen molar-refractivity contribution in [1.82, 2.24) is 9.97 Å². The molecule has 5 nitrogen and oxygen atoms in total. The van der Waals surface area contributed by atoms with Gasteiger partial charge < -0.3 is 14.2 Å². The van der Waals surface area contributed by atoms with Crippen LogP contribution in [0.1, 0.15) is 5.56 Å². The monoisotopic (exact) mass is 310 g/mol. The van der Waals surface area contributed by atoms with Crippen LogP contribution in [0.2, 0.25) is 0 Å². The Morgan fingerprint density at radius 1 is 0.913 bits per heavy atom. The van der Waals surface area contributed by atoms with Gasteiger partial charge in [-0.05, 0) is 30.3 Å². The van der Waals surface area contributed by atoms with E-state index in [0.717, 1.165) is 28.1 Å². The molecular weight excluding hydrogens is 292 g/mol. The second-order valence-electron chi connectivity index (χ2n) is 4.95. The Labute approximate surface area is 134 Å². The van der Waals surface area contributed by atoms with E-state index in [1.807, 2.05) is 42.5 Å². The molecule has 23 heavy (non-hydrogen) atoms. The molecule has 1 aromatic carbocycles. The molecular formula is C18H18N2O3. The quantitative estimate of drug-likeness (QED) is 0.699. The lowest BCUT2D eigenvalue weighted by atomic mass is 10.2. The molecule has 0 saturated carbocycles. The highest BCUT2D eigenvalue weighted by Crippen LogP contribution is 2.26. The molecule has 0 aliphatic rings. The first-order valence-electron chi connectivity index (χ1n) is 7.36. The van der Waals surface area contributed by atoms with Crippen molar-refractivity contribution in [3.8, 4) is 17.4 Å². The highest BCUT2D eigenvalue weighted by molar-refractivity contribution is 5.75. The minimum absolute atomic E-state index is 0.497. The second-order valence-corrected chi connectivity index (χ2v) is 4.95. The van der Waals surface area contributed by atoms with Crippen molar-refractivity contribution in [2.24, 2.45) is 0 Å². The van der Waals surface area contributed by atoms with Crippen molar-refractivity contribution < 1.29 is 14.2 Å². The average Bonchev–Trinajstić information content (AvgIpc) is 2.61. The molecule has 0 atom stereocenters. The number of rotatable bonds is 6. The maximum atomic E-state index is 5.81. The van der Waals surface area contributed by atoms with Gasteiger partial charge in [-0.3, -0.25) is 4.98 Å². The van der Waals surface area contributed by atoms with Crippen LogP contribution in [0.15, 0.2) is 48.7 Å². The first kappa shape index (κ1) is 15.1. The van der Waals surface area contributed by atoms with E-state index >= 15 is 0 Å². The molecule has 3 rings (SSSR count). The van der Waals surface area contributed by atoms with Crippen molar-refractivity contribution in [3.63, 3.8) is 0 Å². The maximum absolute atomic E-state index is 5.81. The van der Waals surface area contributed by atoms with Gasteiger partial charge in [-0.2, -0.15) is 0 Å². The Hall–Kier alpha value is -2.82. The third-order valence-corrected chi connectivity index (χ3v) is 3.52. The smallest absolute Gasteiger partial charge is 0.217 e.